The van der Waals surface area contributed by atoms with E-state index in [1.165, 1.54) is 17.1 Å². The van der Waals surface area contributed by atoms with E-state index in [1.54, 1.807) is 11.3 Å². The zero-order valence-electron chi connectivity index (χ0n) is 9.12. The van der Waals surface area contributed by atoms with Gasteiger partial charge in [0.2, 0.25) is 0 Å². The first-order chi connectivity index (χ1) is 6.74. The minimum Gasteiger partial charge on any atom is -0.312 e. The quantitative estimate of drug-likeness (QED) is 0.802. The Morgan fingerprint density at radius 1 is 1.43 bits per heavy atom. The summed E-state index contributed by atoms with van der Waals surface area (Å²) in [5, 5.41) is 7.74. The molecule has 0 amide bonds. The van der Waals surface area contributed by atoms with Gasteiger partial charge in [0.05, 0.1) is 0 Å². The predicted molar refractivity (Wildman–Crippen MR) is 68.3 cm³/mol. The molecule has 0 radical (unpaired) electrons. The first kappa shape index (κ1) is 12.1. The lowest BCUT2D eigenvalue weighted by atomic mass is 10.2. The number of thioether (sulfide) groups is 1. The summed E-state index contributed by atoms with van der Waals surface area (Å²) in [6.07, 6.45) is 0. The molecule has 0 aliphatic carbocycles. The van der Waals surface area contributed by atoms with Crippen molar-refractivity contribution in [2.75, 3.05) is 18.6 Å². The fraction of sp³-hybridized carbons (Fsp3) is 0.636. The average Bonchev–Trinajstić information content (AvgIpc) is 2.64. The second-order valence-electron chi connectivity index (χ2n) is 3.83. The molecule has 14 heavy (non-hydrogen) atoms. The fourth-order valence-corrected chi connectivity index (χ4v) is 3.16. The highest BCUT2D eigenvalue weighted by Crippen LogP contribution is 2.21. The van der Waals surface area contributed by atoms with Crippen molar-refractivity contribution in [2.24, 2.45) is 5.92 Å². The summed E-state index contributed by atoms with van der Waals surface area (Å²) in [5.74, 6) is 3.22. The minimum absolute atomic E-state index is 0.519. The van der Waals surface area contributed by atoms with Crippen molar-refractivity contribution in [3.05, 3.63) is 22.4 Å². The van der Waals surface area contributed by atoms with Crippen molar-refractivity contribution in [3.8, 4) is 0 Å². The van der Waals surface area contributed by atoms with E-state index in [0.717, 1.165) is 5.92 Å². The predicted octanol–water partition coefficient (Wildman–Crippen LogP) is 3.40. The Bertz CT molecular complexity index is 231. The van der Waals surface area contributed by atoms with Gasteiger partial charge in [-0.15, -0.1) is 0 Å². The lowest BCUT2D eigenvalue weighted by molar-refractivity contribution is 0.661. The van der Waals surface area contributed by atoms with Crippen LogP contribution < -0.4 is 5.32 Å². The van der Waals surface area contributed by atoms with Gasteiger partial charge in [0.25, 0.3) is 0 Å². The third kappa shape index (κ3) is 4.03. The van der Waals surface area contributed by atoms with Crippen molar-refractivity contribution in [3.63, 3.8) is 0 Å². The molecule has 1 atom stereocenters. The van der Waals surface area contributed by atoms with Crippen LogP contribution >= 0.6 is 23.1 Å². The summed E-state index contributed by atoms with van der Waals surface area (Å²) in [5.41, 5.74) is 1.42. The topological polar surface area (TPSA) is 12.0 Å². The molecule has 1 nitrogen and oxygen atoms in total. The molecule has 1 unspecified atom stereocenters. The van der Waals surface area contributed by atoms with Gasteiger partial charge in [-0.2, -0.15) is 23.1 Å². The molecule has 1 rings (SSSR count). The van der Waals surface area contributed by atoms with Crippen LogP contribution in [0.1, 0.15) is 25.5 Å². The van der Waals surface area contributed by atoms with Crippen LogP contribution in [0, 0.1) is 5.92 Å². The Morgan fingerprint density at radius 2 is 2.21 bits per heavy atom. The lowest BCUT2D eigenvalue weighted by Gasteiger charge is -2.15. The summed E-state index contributed by atoms with van der Waals surface area (Å²) in [6.45, 7) is 4.54. The van der Waals surface area contributed by atoms with E-state index < -0.39 is 0 Å². The molecule has 0 saturated heterocycles. The van der Waals surface area contributed by atoms with Crippen molar-refractivity contribution in [1.29, 1.82) is 0 Å². The first-order valence-electron chi connectivity index (χ1n) is 5.01. The molecule has 0 saturated carbocycles. The van der Waals surface area contributed by atoms with E-state index >= 15 is 0 Å². The summed E-state index contributed by atoms with van der Waals surface area (Å²) in [4.78, 5) is 0. The molecular weight excluding hydrogens is 210 g/mol. The van der Waals surface area contributed by atoms with Gasteiger partial charge in [0, 0.05) is 11.8 Å². The van der Waals surface area contributed by atoms with Crippen LogP contribution in [-0.4, -0.2) is 18.6 Å². The molecular formula is C11H19NS2. The van der Waals surface area contributed by atoms with E-state index in [4.69, 9.17) is 0 Å². The maximum Gasteiger partial charge on any atom is 0.0417 e. The van der Waals surface area contributed by atoms with Gasteiger partial charge in [0.1, 0.15) is 0 Å². The summed E-state index contributed by atoms with van der Waals surface area (Å²) in [6, 6.07) is 2.73. The third-order valence-electron chi connectivity index (χ3n) is 2.03. The molecule has 0 fully saturated rings. The van der Waals surface area contributed by atoms with Crippen LogP contribution in [0.2, 0.25) is 0 Å². The lowest BCUT2D eigenvalue weighted by Crippen LogP contribution is -2.18. The molecule has 0 aromatic carbocycles. The largest absolute Gasteiger partial charge is 0.312 e. The van der Waals surface area contributed by atoms with Crippen LogP contribution in [0.25, 0.3) is 0 Å². The molecule has 1 heterocycles. The molecule has 0 aliphatic heterocycles. The van der Waals surface area contributed by atoms with Crippen LogP contribution in [0.15, 0.2) is 16.8 Å². The third-order valence-corrected chi connectivity index (χ3v) is 4.20. The molecule has 1 aromatic rings. The van der Waals surface area contributed by atoms with Crippen molar-refractivity contribution in [1.82, 2.24) is 5.32 Å². The highest BCUT2D eigenvalue weighted by atomic mass is 32.2. The van der Waals surface area contributed by atoms with Crippen molar-refractivity contribution in [2.45, 2.75) is 19.9 Å². The van der Waals surface area contributed by atoms with E-state index in [-0.39, 0.29) is 0 Å². The normalized spacial score (nSPS) is 13.4. The van der Waals surface area contributed by atoms with Gasteiger partial charge < -0.3 is 5.32 Å². The number of hydrogen-bond donors (Lipinski definition) is 1. The zero-order chi connectivity index (χ0) is 10.4. The van der Waals surface area contributed by atoms with Crippen molar-refractivity contribution >= 4 is 23.1 Å². The van der Waals surface area contributed by atoms with Gasteiger partial charge in [-0.05, 0) is 41.1 Å². The number of hydrogen-bond acceptors (Lipinski definition) is 3. The summed E-state index contributed by atoms with van der Waals surface area (Å²) < 4.78 is 0. The fourth-order valence-electron chi connectivity index (χ4n) is 1.24. The molecule has 0 spiro atoms. The number of rotatable bonds is 6. The molecule has 1 aromatic heterocycles. The summed E-state index contributed by atoms with van der Waals surface area (Å²) >= 11 is 3.81. The Hall–Kier alpha value is 0.01000. The van der Waals surface area contributed by atoms with E-state index in [2.05, 4.69) is 36.0 Å². The maximum absolute atomic E-state index is 3.36. The van der Waals surface area contributed by atoms with Crippen molar-refractivity contribution < 1.29 is 0 Å². The second kappa shape index (κ2) is 6.49. The van der Waals surface area contributed by atoms with Crippen LogP contribution in [0.3, 0.4) is 0 Å². The van der Waals surface area contributed by atoms with Gasteiger partial charge in [-0.3, -0.25) is 0 Å². The maximum atomic E-state index is 3.36. The number of thiophene rings is 1. The minimum atomic E-state index is 0.519. The first-order valence-corrected chi connectivity index (χ1v) is 7.11. The van der Waals surface area contributed by atoms with Crippen LogP contribution in [0.4, 0.5) is 0 Å². The van der Waals surface area contributed by atoms with E-state index in [1.807, 2.05) is 18.8 Å². The Balaban J connectivity index is 2.33. The smallest absolute Gasteiger partial charge is 0.0417 e. The Morgan fingerprint density at radius 3 is 2.71 bits per heavy atom. The molecule has 3 heteroatoms. The molecule has 0 aliphatic rings. The Labute approximate surface area is 95.3 Å². The number of nitrogens with one attached hydrogen (secondary N) is 1. The highest BCUT2D eigenvalue weighted by molar-refractivity contribution is 7.99. The average molecular weight is 229 g/mol. The van der Waals surface area contributed by atoms with E-state index in [9.17, 15) is 0 Å². The van der Waals surface area contributed by atoms with Gasteiger partial charge in [-0.25, -0.2) is 0 Å². The van der Waals surface area contributed by atoms with Gasteiger partial charge >= 0.3 is 0 Å². The standard InChI is InChI=1S/C11H19NS2/c1-9(2)6-14-8-11(12-3)10-4-5-13-7-10/h4-5,7,9,11-12H,6,8H2,1-3H3. The highest BCUT2D eigenvalue weighted by Gasteiger charge is 2.09. The zero-order valence-corrected chi connectivity index (χ0v) is 10.8. The molecule has 0 bridgehead atoms. The SMILES string of the molecule is CNC(CSCC(C)C)c1ccsc1. The molecule has 80 valence electrons. The van der Waals surface area contributed by atoms with Gasteiger partial charge in [-0.1, -0.05) is 13.8 Å². The van der Waals surface area contributed by atoms with Crippen LogP contribution in [0.5, 0.6) is 0 Å². The molecule has 1 N–H and O–H groups in total. The second-order valence-corrected chi connectivity index (χ2v) is 5.68. The van der Waals surface area contributed by atoms with Crippen LogP contribution in [-0.2, 0) is 0 Å². The Kier molecular flexibility index (Phi) is 5.60. The van der Waals surface area contributed by atoms with E-state index in [0.29, 0.717) is 6.04 Å². The monoisotopic (exact) mass is 229 g/mol. The summed E-state index contributed by atoms with van der Waals surface area (Å²) in [7, 11) is 2.04. The van der Waals surface area contributed by atoms with Gasteiger partial charge in [0.15, 0.2) is 0 Å².